The van der Waals surface area contributed by atoms with Crippen molar-refractivity contribution in [2.75, 3.05) is 0 Å². The van der Waals surface area contributed by atoms with Crippen LogP contribution in [0, 0.1) is 0 Å². The van der Waals surface area contributed by atoms with Crippen molar-refractivity contribution in [1.29, 1.82) is 0 Å². The van der Waals surface area contributed by atoms with Crippen LogP contribution < -0.4 is 0 Å². The summed E-state index contributed by atoms with van der Waals surface area (Å²) in [5.41, 5.74) is 1.47. The molecule has 2 aromatic heterocycles. The van der Waals surface area contributed by atoms with Crippen molar-refractivity contribution in [1.82, 2.24) is 9.61 Å². The van der Waals surface area contributed by atoms with Crippen molar-refractivity contribution < 1.29 is 5.11 Å². The number of hydrogen-bond donors (Lipinski definition) is 1. The van der Waals surface area contributed by atoms with Crippen LogP contribution in [0.15, 0.2) is 30.6 Å². The lowest BCUT2D eigenvalue weighted by Crippen LogP contribution is -2.33. The Bertz CT molecular complexity index is 471. The van der Waals surface area contributed by atoms with Gasteiger partial charge >= 0.3 is 0 Å². The van der Waals surface area contributed by atoms with Crippen LogP contribution >= 0.6 is 0 Å². The highest BCUT2D eigenvalue weighted by atomic mass is 16.3. The quantitative estimate of drug-likeness (QED) is 0.739. The molecule has 2 heterocycles. The van der Waals surface area contributed by atoms with Crippen LogP contribution in [0.3, 0.4) is 0 Å². The van der Waals surface area contributed by atoms with Gasteiger partial charge in [0, 0.05) is 18.0 Å². The van der Waals surface area contributed by atoms with E-state index < -0.39 is 5.60 Å². The van der Waals surface area contributed by atoms with Crippen LogP contribution in [0.4, 0.5) is 0 Å². The lowest BCUT2D eigenvalue weighted by molar-refractivity contribution is -0.0391. The van der Waals surface area contributed by atoms with Gasteiger partial charge in [0.05, 0.1) is 11.1 Å². The highest BCUT2D eigenvalue weighted by Crippen LogP contribution is 2.40. The van der Waals surface area contributed by atoms with Crippen LogP contribution in [0.5, 0.6) is 0 Å². The summed E-state index contributed by atoms with van der Waals surface area (Å²) < 4.78 is 1.81. The molecule has 0 saturated heterocycles. The van der Waals surface area contributed by atoms with E-state index in [2.05, 4.69) is 5.10 Å². The molecule has 1 N–H and O–H groups in total. The smallest absolute Gasteiger partial charge is 0.0911 e. The molecular formula is C11H12N2O. The molecule has 0 aromatic carbocycles. The van der Waals surface area contributed by atoms with E-state index in [1.165, 1.54) is 0 Å². The van der Waals surface area contributed by atoms with Gasteiger partial charge in [-0.25, -0.2) is 4.52 Å². The number of hydrogen-bond acceptors (Lipinski definition) is 2. The van der Waals surface area contributed by atoms with Gasteiger partial charge in [-0.1, -0.05) is 6.07 Å². The van der Waals surface area contributed by atoms with Crippen molar-refractivity contribution in [2.24, 2.45) is 0 Å². The van der Waals surface area contributed by atoms with E-state index in [-0.39, 0.29) is 0 Å². The third kappa shape index (κ3) is 0.990. The summed E-state index contributed by atoms with van der Waals surface area (Å²) in [6.07, 6.45) is 6.56. The van der Waals surface area contributed by atoms with Gasteiger partial charge in [-0.2, -0.15) is 5.10 Å². The van der Waals surface area contributed by atoms with E-state index in [9.17, 15) is 5.11 Å². The summed E-state index contributed by atoms with van der Waals surface area (Å²) in [5, 5.41) is 14.3. The molecule has 1 saturated carbocycles. The van der Waals surface area contributed by atoms with Gasteiger partial charge in [0.1, 0.15) is 0 Å². The minimum Gasteiger partial charge on any atom is -0.385 e. The van der Waals surface area contributed by atoms with Crippen molar-refractivity contribution >= 4 is 5.52 Å². The van der Waals surface area contributed by atoms with Crippen molar-refractivity contribution in [3.63, 3.8) is 0 Å². The fourth-order valence-electron chi connectivity index (χ4n) is 1.99. The summed E-state index contributed by atoms with van der Waals surface area (Å²) >= 11 is 0. The molecule has 3 heteroatoms. The third-order valence-electron chi connectivity index (χ3n) is 3.11. The summed E-state index contributed by atoms with van der Waals surface area (Å²) in [5.74, 6) is 0. The van der Waals surface area contributed by atoms with E-state index in [1.807, 2.05) is 28.9 Å². The Labute approximate surface area is 82.0 Å². The summed E-state index contributed by atoms with van der Waals surface area (Å²) in [6.45, 7) is 0. The Morgan fingerprint density at radius 3 is 2.86 bits per heavy atom. The maximum Gasteiger partial charge on any atom is 0.0911 e. The number of aromatic nitrogens is 2. The van der Waals surface area contributed by atoms with Crippen LogP contribution in [0.25, 0.3) is 5.52 Å². The molecule has 1 aliphatic rings. The van der Waals surface area contributed by atoms with Gasteiger partial charge in [-0.3, -0.25) is 0 Å². The standard InChI is InChI=1S/C11H12N2O/c14-11(5-1-6-11)9-2-3-10-4-7-12-13(10)8-9/h2-4,7-8,14H,1,5-6H2. The Hall–Kier alpha value is -1.35. The topological polar surface area (TPSA) is 37.5 Å². The van der Waals surface area contributed by atoms with Crippen LogP contribution in [0.1, 0.15) is 24.8 Å². The zero-order valence-corrected chi connectivity index (χ0v) is 7.85. The Balaban J connectivity index is 2.13. The second kappa shape index (κ2) is 2.58. The molecule has 0 spiro atoms. The monoisotopic (exact) mass is 188 g/mol. The average molecular weight is 188 g/mol. The summed E-state index contributed by atoms with van der Waals surface area (Å²) in [4.78, 5) is 0. The molecule has 14 heavy (non-hydrogen) atoms. The highest BCUT2D eigenvalue weighted by molar-refractivity contribution is 5.46. The van der Waals surface area contributed by atoms with E-state index in [1.54, 1.807) is 6.20 Å². The Morgan fingerprint density at radius 1 is 1.29 bits per heavy atom. The minimum atomic E-state index is -0.583. The molecule has 0 bridgehead atoms. The molecule has 0 aliphatic heterocycles. The lowest BCUT2D eigenvalue weighted by atomic mass is 9.76. The van der Waals surface area contributed by atoms with E-state index in [0.29, 0.717) is 0 Å². The first-order chi connectivity index (χ1) is 6.78. The lowest BCUT2D eigenvalue weighted by Gasteiger charge is -2.36. The number of fused-ring (bicyclic) bond motifs is 1. The van der Waals surface area contributed by atoms with Crippen LogP contribution in [-0.4, -0.2) is 14.7 Å². The highest BCUT2D eigenvalue weighted by Gasteiger charge is 2.36. The molecule has 3 rings (SSSR count). The molecule has 1 fully saturated rings. The first kappa shape index (κ1) is 8.00. The molecule has 0 unspecified atom stereocenters. The largest absolute Gasteiger partial charge is 0.385 e. The zero-order valence-electron chi connectivity index (χ0n) is 7.85. The molecule has 72 valence electrons. The molecule has 0 atom stereocenters. The van der Waals surface area contributed by atoms with Crippen LogP contribution in [-0.2, 0) is 5.60 Å². The van der Waals surface area contributed by atoms with Crippen molar-refractivity contribution in [3.8, 4) is 0 Å². The van der Waals surface area contributed by atoms with Gasteiger partial charge in [-0.15, -0.1) is 0 Å². The molecule has 0 radical (unpaired) electrons. The van der Waals surface area contributed by atoms with E-state index >= 15 is 0 Å². The third-order valence-corrected chi connectivity index (χ3v) is 3.11. The van der Waals surface area contributed by atoms with Gasteiger partial charge in [0.15, 0.2) is 0 Å². The van der Waals surface area contributed by atoms with Crippen molar-refractivity contribution in [2.45, 2.75) is 24.9 Å². The number of nitrogens with zero attached hydrogens (tertiary/aromatic N) is 2. The first-order valence-electron chi connectivity index (χ1n) is 4.94. The molecular weight excluding hydrogens is 176 g/mol. The molecule has 2 aromatic rings. The number of aliphatic hydroxyl groups is 1. The minimum absolute atomic E-state index is 0.583. The predicted octanol–water partition coefficient (Wildman–Crippen LogP) is 1.71. The average Bonchev–Trinajstić information content (AvgIpc) is 2.60. The number of rotatable bonds is 1. The Morgan fingerprint density at radius 2 is 2.14 bits per heavy atom. The predicted molar refractivity (Wildman–Crippen MR) is 52.9 cm³/mol. The van der Waals surface area contributed by atoms with Gasteiger partial charge in [-0.05, 0) is 31.4 Å². The zero-order chi connectivity index (χ0) is 9.60. The molecule has 3 nitrogen and oxygen atoms in total. The van der Waals surface area contributed by atoms with Gasteiger partial charge in [0.25, 0.3) is 0 Å². The van der Waals surface area contributed by atoms with Gasteiger partial charge in [0.2, 0.25) is 0 Å². The fraction of sp³-hybridized carbons (Fsp3) is 0.364. The van der Waals surface area contributed by atoms with Crippen molar-refractivity contribution in [3.05, 3.63) is 36.2 Å². The maximum atomic E-state index is 10.1. The van der Waals surface area contributed by atoms with Crippen LogP contribution in [0.2, 0.25) is 0 Å². The number of pyridine rings is 1. The second-order valence-electron chi connectivity index (χ2n) is 4.00. The fourth-order valence-corrected chi connectivity index (χ4v) is 1.99. The second-order valence-corrected chi connectivity index (χ2v) is 4.00. The SMILES string of the molecule is OC1(c2ccc3ccnn3c2)CCC1. The summed E-state index contributed by atoms with van der Waals surface area (Å²) in [7, 11) is 0. The van der Waals surface area contributed by atoms with Gasteiger partial charge < -0.3 is 5.11 Å². The van der Waals surface area contributed by atoms with E-state index in [0.717, 1.165) is 30.3 Å². The first-order valence-corrected chi connectivity index (χ1v) is 4.94. The normalized spacial score (nSPS) is 19.5. The van der Waals surface area contributed by atoms with E-state index in [4.69, 9.17) is 0 Å². The maximum absolute atomic E-state index is 10.1. The molecule has 0 amide bonds. The molecule has 1 aliphatic carbocycles. The summed E-state index contributed by atoms with van der Waals surface area (Å²) in [6, 6.07) is 5.95. The Kier molecular flexibility index (Phi) is 1.47.